The zero-order valence-corrected chi connectivity index (χ0v) is 19.4. The second-order valence-corrected chi connectivity index (χ2v) is 10.1. The highest BCUT2D eigenvalue weighted by molar-refractivity contribution is 7.89. The smallest absolute Gasteiger partial charge is 0.244 e. The van der Waals surface area contributed by atoms with Crippen LogP contribution >= 0.6 is 0 Å². The molecule has 1 aliphatic heterocycles. The first kappa shape index (κ1) is 22.4. The van der Waals surface area contributed by atoms with E-state index < -0.39 is 16.1 Å². The van der Waals surface area contributed by atoms with Gasteiger partial charge in [-0.1, -0.05) is 60.7 Å². The number of aromatic amines is 1. The number of aliphatic hydroxyl groups excluding tert-OH is 1. The lowest BCUT2D eigenvalue weighted by Gasteiger charge is -2.18. The lowest BCUT2D eigenvalue weighted by molar-refractivity contribution is 0.256. The first-order chi connectivity index (χ1) is 16.5. The Kier molecular flexibility index (Phi) is 6.24. The van der Waals surface area contributed by atoms with Gasteiger partial charge >= 0.3 is 0 Å². The van der Waals surface area contributed by atoms with E-state index in [2.05, 4.69) is 9.71 Å². The lowest BCUT2D eigenvalue weighted by atomic mass is 10.1. The van der Waals surface area contributed by atoms with E-state index in [1.165, 1.54) is 0 Å². The van der Waals surface area contributed by atoms with Crippen molar-refractivity contribution in [2.45, 2.75) is 23.8 Å². The molecule has 1 atom stereocenters. The van der Waals surface area contributed by atoms with Crippen LogP contribution in [0.15, 0.2) is 77.8 Å². The normalized spacial score (nSPS) is 14.4. The summed E-state index contributed by atoms with van der Waals surface area (Å²) in [4.78, 5) is 3.30. The van der Waals surface area contributed by atoms with Crippen LogP contribution in [0.5, 0.6) is 5.75 Å². The fraction of sp³-hybridized carbons (Fsp3) is 0.185. The molecule has 0 fully saturated rings. The second kappa shape index (κ2) is 9.46. The van der Waals surface area contributed by atoms with Gasteiger partial charge in [-0.3, -0.25) is 0 Å². The Morgan fingerprint density at radius 3 is 2.62 bits per heavy atom. The number of ether oxygens (including phenoxy) is 1. The van der Waals surface area contributed by atoms with Gasteiger partial charge in [0.25, 0.3) is 0 Å². The van der Waals surface area contributed by atoms with E-state index in [1.54, 1.807) is 6.07 Å². The highest BCUT2D eigenvalue weighted by atomic mass is 32.2. The van der Waals surface area contributed by atoms with Crippen molar-refractivity contribution in [1.29, 1.82) is 0 Å². The third-order valence-corrected chi connectivity index (χ3v) is 7.54. The summed E-state index contributed by atoms with van der Waals surface area (Å²) >= 11 is 0. The van der Waals surface area contributed by atoms with E-state index >= 15 is 0 Å². The molecule has 4 aromatic rings. The first-order valence-electron chi connectivity index (χ1n) is 11.2. The van der Waals surface area contributed by atoms with E-state index in [9.17, 15) is 13.5 Å². The van der Waals surface area contributed by atoms with Gasteiger partial charge in [0, 0.05) is 29.6 Å². The number of aliphatic hydroxyl groups is 1. The summed E-state index contributed by atoms with van der Waals surface area (Å²) in [6.45, 7) is 0.123. The first-order valence-corrected chi connectivity index (χ1v) is 12.7. The van der Waals surface area contributed by atoms with Crippen molar-refractivity contribution >= 4 is 33.1 Å². The van der Waals surface area contributed by atoms with Crippen molar-refractivity contribution in [3.63, 3.8) is 0 Å². The van der Waals surface area contributed by atoms with Crippen LogP contribution in [-0.4, -0.2) is 37.8 Å². The summed E-state index contributed by atoms with van der Waals surface area (Å²) < 4.78 is 35.3. The molecule has 7 heteroatoms. The van der Waals surface area contributed by atoms with Crippen molar-refractivity contribution in [2.24, 2.45) is 0 Å². The summed E-state index contributed by atoms with van der Waals surface area (Å²) in [6, 6.07) is 20.6. The highest BCUT2D eigenvalue weighted by Gasteiger charge is 2.28. The molecule has 34 heavy (non-hydrogen) atoms. The van der Waals surface area contributed by atoms with Gasteiger partial charge < -0.3 is 14.8 Å². The topological polar surface area (TPSA) is 91.4 Å². The second-order valence-electron chi connectivity index (χ2n) is 8.41. The number of hydrogen-bond donors (Lipinski definition) is 3. The molecule has 174 valence electrons. The average molecular weight is 475 g/mol. The third kappa shape index (κ3) is 4.63. The van der Waals surface area contributed by atoms with Crippen molar-refractivity contribution in [2.75, 3.05) is 13.2 Å². The van der Waals surface area contributed by atoms with Gasteiger partial charge in [0.1, 0.15) is 10.6 Å². The van der Waals surface area contributed by atoms with E-state index in [-0.39, 0.29) is 11.5 Å². The third-order valence-electron chi connectivity index (χ3n) is 6.01. The number of aromatic nitrogens is 1. The van der Waals surface area contributed by atoms with Crippen LogP contribution in [-0.2, 0) is 22.9 Å². The quantitative estimate of drug-likeness (QED) is 0.335. The van der Waals surface area contributed by atoms with Gasteiger partial charge in [-0.2, -0.15) is 0 Å². The summed E-state index contributed by atoms with van der Waals surface area (Å²) in [5.41, 5.74) is 4.60. The van der Waals surface area contributed by atoms with Crippen molar-refractivity contribution in [3.05, 3.63) is 95.2 Å². The van der Waals surface area contributed by atoms with Gasteiger partial charge in [-0.25, -0.2) is 13.1 Å². The van der Waals surface area contributed by atoms with Crippen LogP contribution < -0.4 is 9.46 Å². The molecule has 0 unspecified atom stereocenters. The number of nitrogens with one attached hydrogen (secondary N) is 2. The fourth-order valence-electron chi connectivity index (χ4n) is 4.34. The molecule has 3 N–H and O–H groups in total. The fourth-order valence-corrected chi connectivity index (χ4v) is 5.79. The Labute approximate surface area is 199 Å². The Morgan fingerprint density at radius 1 is 1.03 bits per heavy atom. The predicted octanol–water partition coefficient (Wildman–Crippen LogP) is 4.16. The number of para-hydroxylation sites is 1. The Balaban J connectivity index is 1.43. The van der Waals surface area contributed by atoms with Gasteiger partial charge in [-0.05, 0) is 46.9 Å². The maximum absolute atomic E-state index is 13.4. The van der Waals surface area contributed by atoms with Crippen LogP contribution in [0.1, 0.15) is 22.3 Å². The van der Waals surface area contributed by atoms with Crippen LogP contribution in [0.2, 0.25) is 0 Å². The average Bonchev–Trinajstić information content (AvgIpc) is 3.49. The number of hydrogen-bond acceptors (Lipinski definition) is 4. The van der Waals surface area contributed by atoms with Crippen molar-refractivity contribution < 1.29 is 18.3 Å². The van der Waals surface area contributed by atoms with E-state index in [1.807, 2.05) is 79.0 Å². The van der Waals surface area contributed by atoms with Gasteiger partial charge in [0.05, 0.1) is 13.2 Å². The van der Waals surface area contributed by atoms with Crippen LogP contribution in [0.25, 0.3) is 23.1 Å². The molecule has 0 radical (unpaired) electrons. The number of rotatable bonds is 8. The largest absolute Gasteiger partial charge is 0.492 e. The molecule has 1 aliphatic rings. The molecule has 3 aromatic carbocycles. The molecule has 5 rings (SSSR count). The van der Waals surface area contributed by atoms with Crippen molar-refractivity contribution in [1.82, 2.24) is 9.71 Å². The lowest BCUT2D eigenvalue weighted by Crippen LogP contribution is -2.39. The molecular weight excluding hydrogens is 448 g/mol. The van der Waals surface area contributed by atoms with Gasteiger partial charge in [0.15, 0.2) is 0 Å². The number of sulfonamides is 1. The summed E-state index contributed by atoms with van der Waals surface area (Å²) in [6.07, 6.45) is 6.73. The Morgan fingerprint density at radius 2 is 1.79 bits per heavy atom. The molecule has 6 nitrogen and oxygen atoms in total. The summed E-state index contributed by atoms with van der Waals surface area (Å²) in [5.74, 6) is 0.396. The molecule has 0 spiro atoms. The standard InChI is InChI=1S/C27H26N2O4S/c30-18-23(16-22-17-28-25-9-5-4-8-24(22)25)29-34(31,32)26-15-20(14-21-12-13-33-27(21)26)11-10-19-6-2-1-3-7-19/h1-11,14-15,17,23,28-30H,12-13,16,18H2/t23-/m1/s1. The minimum absolute atomic E-state index is 0.104. The predicted molar refractivity (Wildman–Crippen MR) is 134 cm³/mol. The van der Waals surface area contributed by atoms with Gasteiger partial charge in [-0.15, -0.1) is 0 Å². The zero-order chi connectivity index (χ0) is 23.5. The Hall–Kier alpha value is -3.39. The molecule has 0 aliphatic carbocycles. The maximum atomic E-state index is 13.4. The maximum Gasteiger partial charge on any atom is 0.244 e. The number of H-pyrrole nitrogens is 1. The van der Waals surface area contributed by atoms with Crippen LogP contribution in [0.3, 0.4) is 0 Å². The van der Waals surface area contributed by atoms with Gasteiger partial charge in [0.2, 0.25) is 10.0 Å². The van der Waals surface area contributed by atoms with E-state index in [4.69, 9.17) is 4.74 Å². The number of benzene rings is 3. The van der Waals surface area contributed by atoms with Crippen LogP contribution in [0, 0.1) is 0 Å². The molecule has 0 saturated carbocycles. The van der Waals surface area contributed by atoms with Crippen LogP contribution in [0.4, 0.5) is 0 Å². The molecule has 1 aromatic heterocycles. The molecule has 0 bridgehead atoms. The van der Waals surface area contributed by atoms with E-state index in [0.29, 0.717) is 25.2 Å². The molecule has 0 amide bonds. The van der Waals surface area contributed by atoms with E-state index in [0.717, 1.165) is 33.2 Å². The Bertz CT molecular complexity index is 1440. The summed E-state index contributed by atoms with van der Waals surface area (Å²) in [5, 5.41) is 11.0. The minimum Gasteiger partial charge on any atom is -0.492 e. The highest BCUT2D eigenvalue weighted by Crippen LogP contribution is 2.35. The minimum atomic E-state index is -3.94. The zero-order valence-electron chi connectivity index (χ0n) is 18.6. The molecule has 2 heterocycles. The SMILES string of the molecule is O=S(=O)(N[C@@H](CO)Cc1c[nH]c2ccccc12)c1cc(C=Cc2ccccc2)cc2c1OCC2. The number of fused-ring (bicyclic) bond motifs is 2. The molecular formula is C27H26N2O4S. The summed E-state index contributed by atoms with van der Waals surface area (Å²) in [7, 11) is -3.94. The monoisotopic (exact) mass is 474 g/mol. The van der Waals surface area contributed by atoms with Crippen molar-refractivity contribution in [3.8, 4) is 5.75 Å². The molecule has 0 saturated heterocycles.